The number of hydrogen-bond donors (Lipinski definition) is 1. The molecule has 0 aliphatic rings. The van der Waals surface area contributed by atoms with Crippen molar-refractivity contribution in [3.63, 3.8) is 0 Å². The number of aromatic nitrogens is 5. The van der Waals surface area contributed by atoms with Crippen LogP contribution in [-0.2, 0) is 13.2 Å². The molecule has 1 N–H and O–H groups in total. The molecule has 4 rings (SSSR count). The first-order chi connectivity index (χ1) is 15.7. The van der Waals surface area contributed by atoms with Crippen molar-refractivity contribution < 1.29 is 22.6 Å². The van der Waals surface area contributed by atoms with E-state index in [-0.39, 0.29) is 17.4 Å². The van der Waals surface area contributed by atoms with Crippen LogP contribution < -0.4 is 14.8 Å². The van der Waals surface area contributed by atoms with Gasteiger partial charge in [-0.1, -0.05) is 0 Å². The van der Waals surface area contributed by atoms with E-state index in [0.29, 0.717) is 17.1 Å². The van der Waals surface area contributed by atoms with Crippen LogP contribution in [0.4, 0.5) is 24.8 Å². The Kier molecular flexibility index (Phi) is 5.71. The third-order valence-electron chi connectivity index (χ3n) is 4.97. The van der Waals surface area contributed by atoms with Gasteiger partial charge in [-0.2, -0.15) is 18.2 Å². The van der Waals surface area contributed by atoms with Gasteiger partial charge in [-0.25, -0.2) is 9.67 Å². The number of ether oxygens (including phenoxy) is 2. The number of imidazole rings is 1. The lowest BCUT2D eigenvalue weighted by Crippen LogP contribution is -2.10. The number of anilines is 2. The largest absolute Gasteiger partial charge is 0.497 e. The minimum Gasteiger partial charge on any atom is -0.497 e. The SMILES string of the molecule is COc1ccc(C(F)(F)F)c(Nc2nc(-c3ccc(-n4cnc(C)c4)c(OC)c3)nn2C)c1. The molecule has 0 spiro atoms. The number of alkyl halides is 3. The first-order valence-electron chi connectivity index (χ1n) is 9.82. The Balaban J connectivity index is 1.69. The predicted octanol–water partition coefficient (Wildman–Crippen LogP) is 4.76. The van der Waals surface area contributed by atoms with Gasteiger partial charge in [0.05, 0.1) is 43.2 Å². The van der Waals surface area contributed by atoms with Crippen molar-refractivity contribution >= 4 is 11.6 Å². The first-order valence-corrected chi connectivity index (χ1v) is 9.82. The van der Waals surface area contributed by atoms with E-state index in [1.54, 1.807) is 32.6 Å². The number of rotatable bonds is 6. The monoisotopic (exact) mass is 458 g/mol. The number of aryl methyl sites for hydroxylation is 2. The zero-order chi connectivity index (χ0) is 23.8. The van der Waals surface area contributed by atoms with Crippen LogP contribution in [0.15, 0.2) is 48.9 Å². The predicted molar refractivity (Wildman–Crippen MR) is 116 cm³/mol. The summed E-state index contributed by atoms with van der Waals surface area (Å²) in [6.07, 6.45) is -1.00. The first kappa shape index (κ1) is 22.2. The maximum absolute atomic E-state index is 13.5. The van der Waals surface area contributed by atoms with Gasteiger partial charge in [0.25, 0.3) is 0 Å². The number of methoxy groups -OCH3 is 2. The topological polar surface area (TPSA) is 79.0 Å². The third kappa shape index (κ3) is 4.47. The van der Waals surface area contributed by atoms with Crippen LogP contribution in [0.5, 0.6) is 11.5 Å². The van der Waals surface area contributed by atoms with E-state index in [4.69, 9.17) is 9.47 Å². The average molecular weight is 458 g/mol. The molecule has 2 heterocycles. The summed E-state index contributed by atoms with van der Waals surface area (Å²) in [4.78, 5) is 8.62. The van der Waals surface area contributed by atoms with Gasteiger partial charge in [0.15, 0.2) is 5.82 Å². The number of benzene rings is 2. The van der Waals surface area contributed by atoms with Gasteiger partial charge >= 0.3 is 6.18 Å². The Hall–Kier alpha value is -4.02. The molecule has 0 radical (unpaired) electrons. The number of nitrogens with zero attached hydrogens (tertiary/aromatic N) is 5. The van der Waals surface area contributed by atoms with Crippen molar-refractivity contribution in [2.24, 2.45) is 7.05 Å². The third-order valence-corrected chi connectivity index (χ3v) is 4.97. The number of halogens is 3. The Bertz CT molecular complexity index is 1300. The van der Waals surface area contributed by atoms with Crippen LogP contribution in [0, 0.1) is 6.92 Å². The molecule has 0 saturated carbocycles. The highest BCUT2D eigenvalue weighted by atomic mass is 19.4. The molecule has 0 aliphatic heterocycles. The normalized spacial score (nSPS) is 11.5. The molecule has 2 aromatic heterocycles. The van der Waals surface area contributed by atoms with Gasteiger partial charge in [-0.05, 0) is 37.3 Å². The summed E-state index contributed by atoms with van der Waals surface area (Å²) in [5.74, 6) is 1.31. The molecule has 0 bridgehead atoms. The summed E-state index contributed by atoms with van der Waals surface area (Å²) >= 11 is 0. The molecule has 172 valence electrons. The molecule has 0 aliphatic carbocycles. The summed E-state index contributed by atoms with van der Waals surface area (Å²) < 4.78 is 54.2. The fourth-order valence-electron chi connectivity index (χ4n) is 3.32. The molecular weight excluding hydrogens is 437 g/mol. The van der Waals surface area contributed by atoms with Gasteiger partial charge in [0.2, 0.25) is 5.95 Å². The fourth-order valence-corrected chi connectivity index (χ4v) is 3.32. The summed E-state index contributed by atoms with van der Waals surface area (Å²) in [5, 5.41) is 7.08. The Morgan fingerprint density at radius 1 is 1.03 bits per heavy atom. The molecule has 4 aromatic rings. The zero-order valence-corrected chi connectivity index (χ0v) is 18.3. The molecule has 0 unspecified atom stereocenters. The lowest BCUT2D eigenvalue weighted by atomic mass is 10.1. The van der Waals surface area contributed by atoms with Crippen molar-refractivity contribution in [1.29, 1.82) is 0 Å². The van der Waals surface area contributed by atoms with E-state index in [1.165, 1.54) is 23.9 Å². The van der Waals surface area contributed by atoms with E-state index in [0.717, 1.165) is 17.4 Å². The molecule has 0 saturated heterocycles. The van der Waals surface area contributed by atoms with Crippen LogP contribution in [0.1, 0.15) is 11.3 Å². The summed E-state index contributed by atoms with van der Waals surface area (Å²) in [5.41, 5.74) is 1.25. The Labute approximate surface area is 187 Å². The van der Waals surface area contributed by atoms with Crippen LogP contribution in [0.3, 0.4) is 0 Å². The number of hydrogen-bond acceptors (Lipinski definition) is 6. The minimum atomic E-state index is -4.55. The van der Waals surface area contributed by atoms with Crippen molar-refractivity contribution in [3.05, 3.63) is 60.2 Å². The van der Waals surface area contributed by atoms with Crippen molar-refractivity contribution in [2.45, 2.75) is 13.1 Å². The molecule has 8 nitrogen and oxygen atoms in total. The van der Waals surface area contributed by atoms with Crippen LogP contribution in [0.2, 0.25) is 0 Å². The quantitative estimate of drug-likeness (QED) is 0.449. The lowest BCUT2D eigenvalue weighted by molar-refractivity contribution is -0.136. The summed E-state index contributed by atoms with van der Waals surface area (Å²) in [6, 6.07) is 8.88. The molecule has 2 aromatic carbocycles. The second-order valence-electron chi connectivity index (χ2n) is 7.23. The standard InChI is InChI=1S/C22H21F3N6O2/c1-13-11-31(12-26-13)18-8-5-14(9-19(18)33-4)20-28-21(30(2)29-20)27-17-10-15(32-3)6-7-16(17)22(23,24)25/h5-12H,1-4H3,(H,27,28,29). The molecular formula is C22H21F3N6O2. The van der Waals surface area contributed by atoms with Gasteiger partial charge < -0.3 is 19.4 Å². The fraction of sp³-hybridized carbons (Fsp3) is 0.227. The molecule has 11 heteroatoms. The lowest BCUT2D eigenvalue weighted by Gasteiger charge is -2.15. The van der Waals surface area contributed by atoms with Crippen LogP contribution in [0.25, 0.3) is 17.1 Å². The molecule has 0 fully saturated rings. The smallest absolute Gasteiger partial charge is 0.418 e. The van der Waals surface area contributed by atoms with Gasteiger partial charge in [-0.3, -0.25) is 0 Å². The maximum Gasteiger partial charge on any atom is 0.418 e. The van der Waals surface area contributed by atoms with E-state index in [2.05, 4.69) is 20.4 Å². The van der Waals surface area contributed by atoms with E-state index < -0.39 is 11.7 Å². The van der Waals surface area contributed by atoms with E-state index in [9.17, 15) is 13.2 Å². The van der Waals surface area contributed by atoms with Crippen LogP contribution >= 0.6 is 0 Å². The second-order valence-corrected chi connectivity index (χ2v) is 7.23. The highest BCUT2D eigenvalue weighted by molar-refractivity contribution is 5.66. The Morgan fingerprint density at radius 3 is 2.45 bits per heavy atom. The summed E-state index contributed by atoms with van der Waals surface area (Å²) in [6.45, 7) is 1.89. The van der Waals surface area contributed by atoms with E-state index >= 15 is 0 Å². The van der Waals surface area contributed by atoms with Crippen molar-refractivity contribution in [2.75, 3.05) is 19.5 Å². The molecule has 0 atom stereocenters. The van der Waals surface area contributed by atoms with Gasteiger partial charge in [0.1, 0.15) is 11.5 Å². The highest BCUT2D eigenvalue weighted by Crippen LogP contribution is 2.38. The average Bonchev–Trinajstić information content (AvgIpc) is 3.38. The van der Waals surface area contributed by atoms with Gasteiger partial charge in [-0.15, -0.1) is 5.10 Å². The van der Waals surface area contributed by atoms with E-state index in [1.807, 2.05) is 23.8 Å². The number of nitrogens with one attached hydrogen (secondary N) is 1. The maximum atomic E-state index is 13.5. The molecule has 33 heavy (non-hydrogen) atoms. The summed E-state index contributed by atoms with van der Waals surface area (Å²) in [7, 11) is 4.52. The second kappa shape index (κ2) is 8.49. The molecule has 0 amide bonds. The highest BCUT2D eigenvalue weighted by Gasteiger charge is 2.34. The minimum absolute atomic E-state index is 0.136. The zero-order valence-electron chi connectivity index (χ0n) is 18.3. The Morgan fingerprint density at radius 2 is 1.82 bits per heavy atom. The van der Waals surface area contributed by atoms with Crippen LogP contribution in [-0.4, -0.2) is 38.5 Å². The van der Waals surface area contributed by atoms with Gasteiger partial charge in [0, 0.05) is 24.9 Å². The van der Waals surface area contributed by atoms with Crippen molar-refractivity contribution in [1.82, 2.24) is 24.3 Å². The van der Waals surface area contributed by atoms with Crippen molar-refractivity contribution in [3.8, 4) is 28.6 Å².